The van der Waals surface area contributed by atoms with Crippen molar-refractivity contribution in [3.8, 4) is 0 Å². The molecule has 1 unspecified atom stereocenters. The molecule has 1 aromatic rings. The minimum absolute atomic E-state index is 0.0132. The quantitative estimate of drug-likeness (QED) is 0.802. The lowest BCUT2D eigenvalue weighted by atomic mass is 10.1. The van der Waals surface area contributed by atoms with Crippen LogP contribution in [0.2, 0.25) is 0 Å². The lowest BCUT2D eigenvalue weighted by Crippen LogP contribution is -2.29. The summed E-state index contributed by atoms with van der Waals surface area (Å²) in [7, 11) is 0. The van der Waals surface area contributed by atoms with Crippen molar-refractivity contribution >= 4 is 29.3 Å². The highest BCUT2D eigenvalue weighted by Gasteiger charge is 2.39. The van der Waals surface area contributed by atoms with Gasteiger partial charge in [0.25, 0.3) is 0 Å². The van der Waals surface area contributed by atoms with E-state index in [4.69, 9.17) is 5.11 Å². The van der Waals surface area contributed by atoms with Crippen molar-refractivity contribution in [2.75, 3.05) is 17.2 Å². The Hall–Kier alpha value is -1.91. The summed E-state index contributed by atoms with van der Waals surface area (Å²) in [5.41, 5.74) is -3.52. The summed E-state index contributed by atoms with van der Waals surface area (Å²) in [6, 6.07) is 0.954. The van der Waals surface area contributed by atoms with Crippen molar-refractivity contribution in [3.63, 3.8) is 0 Å². The first-order chi connectivity index (χ1) is 11.4. The maximum Gasteiger partial charge on any atom is 0.416 e. The van der Waals surface area contributed by atoms with Crippen LogP contribution < -0.4 is 4.90 Å². The number of carboxylic acid groups (broad SMARTS) is 1. The Morgan fingerprint density at radius 1 is 1.12 bits per heavy atom. The van der Waals surface area contributed by atoms with Gasteiger partial charge in [-0.3, -0.25) is 9.59 Å². The number of carbonyl (C=O) groups excluding carboxylic acids is 1. The van der Waals surface area contributed by atoms with Crippen molar-refractivity contribution in [2.45, 2.75) is 24.0 Å². The number of carbonyl (C=O) groups is 2. The average Bonchev–Trinajstić information content (AvgIpc) is 2.84. The van der Waals surface area contributed by atoms with Crippen LogP contribution in [0.1, 0.15) is 17.5 Å². The second-order valence-corrected chi connectivity index (χ2v) is 6.43. The van der Waals surface area contributed by atoms with E-state index in [9.17, 15) is 35.9 Å². The predicted octanol–water partition coefficient (Wildman–Crippen LogP) is 3.65. The first-order valence-electron chi connectivity index (χ1n) is 6.84. The summed E-state index contributed by atoms with van der Waals surface area (Å²) >= 11 is 0.783. The van der Waals surface area contributed by atoms with Crippen molar-refractivity contribution in [2.24, 2.45) is 0 Å². The Bertz CT molecular complexity index is 656. The van der Waals surface area contributed by atoms with E-state index in [1.54, 1.807) is 0 Å². The van der Waals surface area contributed by atoms with E-state index in [1.165, 1.54) is 0 Å². The maximum absolute atomic E-state index is 12.9. The summed E-state index contributed by atoms with van der Waals surface area (Å²) in [5.74, 6) is -2.27. The topological polar surface area (TPSA) is 57.6 Å². The van der Waals surface area contributed by atoms with Crippen molar-refractivity contribution in [1.82, 2.24) is 0 Å². The van der Waals surface area contributed by atoms with Gasteiger partial charge in [0.15, 0.2) is 0 Å². The van der Waals surface area contributed by atoms with E-state index in [2.05, 4.69) is 0 Å². The fourth-order valence-electron chi connectivity index (χ4n) is 2.33. The molecule has 138 valence electrons. The Balaban J connectivity index is 2.35. The molecule has 0 bridgehead atoms. The Morgan fingerprint density at radius 3 is 2.08 bits per heavy atom. The number of anilines is 1. The second kappa shape index (κ2) is 6.77. The highest BCUT2D eigenvalue weighted by atomic mass is 32.2. The van der Waals surface area contributed by atoms with Crippen LogP contribution in [0.3, 0.4) is 0 Å². The minimum atomic E-state index is -5.00. The van der Waals surface area contributed by atoms with Gasteiger partial charge in [0.1, 0.15) is 0 Å². The number of thioether (sulfide) groups is 1. The SMILES string of the molecule is O=C(O)CSC1CCN(c2cc(C(F)(F)F)cc(C(F)(F)F)c2)C1=O. The number of benzene rings is 1. The zero-order chi connectivity index (χ0) is 19.0. The standard InChI is InChI=1S/C14H11F6NO3S/c15-13(16,17)7-3-8(14(18,19)20)5-9(4-7)21-2-1-10(12(21)24)25-6-11(22)23/h3-5,10H,1-2,6H2,(H,22,23). The summed E-state index contributed by atoms with van der Waals surface area (Å²) in [6.07, 6.45) is -9.87. The highest BCUT2D eigenvalue weighted by molar-refractivity contribution is 8.01. The number of nitrogens with zero attached hydrogens (tertiary/aromatic N) is 1. The monoisotopic (exact) mass is 387 g/mol. The van der Waals surface area contributed by atoms with Crippen LogP contribution in [0.5, 0.6) is 0 Å². The molecule has 0 aromatic heterocycles. The van der Waals surface area contributed by atoms with E-state index in [-0.39, 0.29) is 24.8 Å². The van der Waals surface area contributed by atoms with Gasteiger partial charge in [0.2, 0.25) is 5.91 Å². The number of hydrogen-bond acceptors (Lipinski definition) is 3. The third-order valence-corrected chi connectivity index (χ3v) is 4.70. The van der Waals surface area contributed by atoms with Crippen LogP contribution in [0.25, 0.3) is 0 Å². The molecular weight excluding hydrogens is 376 g/mol. The van der Waals surface area contributed by atoms with Crippen LogP contribution >= 0.6 is 11.8 Å². The first-order valence-corrected chi connectivity index (χ1v) is 7.88. The fraction of sp³-hybridized carbons (Fsp3) is 0.429. The molecule has 1 aliphatic heterocycles. The minimum Gasteiger partial charge on any atom is -0.481 e. The number of carboxylic acids is 1. The normalized spacial score (nSPS) is 18.7. The number of hydrogen-bond donors (Lipinski definition) is 1. The van der Waals surface area contributed by atoms with Crippen molar-refractivity contribution in [1.29, 1.82) is 0 Å². The lowest BCUT2D eigenvalue weighted by molar-refractivity contribution is -0.143. The van der Waals surface area contributed by atoms with E-state index in [0.717, 1.165) is 16.7 Å². The largest absolute Gasteiger partial charge is 0.481 e. The van der Waals surface area contributed by atoms with Crippen molar-refractivity contribution in [3.05, 3.63) is 29.3 Å². The molecule has 0 saturated carbocycles. The van der Waals surface area contributed by atoms with Crippen LogP contribution in [-0.4, -0.2) is 34.5 Å². The molecule has 1 N–H and O–H groups in total. The van der Waals surface area contributed by atoms with Gasteiger partial charge in [0.05, 0.1) is 22.1 Å². The smallest absolute Gasteiger partial charge is 0.416 e. The molecule has 2 rings (SSSR count). The molecule has 1 heterocycles. The highest BCUT2D eigenvalue weighted by Crippen LogP contribution is 2.39. The predicted molar refractivity (Wildman–Crippen MR) is 77.3 cm³/mol. The molecule has 0 aliphatic carbocycles. The second-order valence-electron chi connectivity index (χ2n) is 5.24. The molecule has 1 saturated heterocycles. The third kappa shape index (κ3) is 4.59. The van der Waals surface area contributed by atoms with Gasteiger partial charge in [0, 0.05) is 12.2 Å². The lowest BCUT2D eigenvalue weighted by Gasteiger charge is -2.20. The molecule has 1 aromatic carbocycles. The third-order valence-electron chi connectivity index (χ3n) is 3.45. The molecule has 1 aliphatic rings. The molecule has 11 heteroatoms. The van der Waals surface area contributed by atoms with Crippen LogP contribution in [0.4, 0.5) is 32.0 Å². The summed E-state index contributed by atoms with van der Waals surface area (Å²) in [6.45, 7) is -0.0886. The van der Waals surface area contributed by atoms with E-state index >= 15 is 0 Å². The van der Waals surface area contributed by atoms with Gasteiger partial charge < -0.3 is 10.0 Å². The number of halogens is 6. The first kappa shape index (κ1) is 19.4. The van der Waals surface area contributed by atoms with E-state index in [1.807, 2.05) is 0 Å². The van der Waals surface area contributed by atoms with Gasteiger partial charge in [-0.05, 0) is 24.6 Å². The molecular formula is C14H11F6NO3S. The number of amides is 1. The number of alkyl halides is 6. The Labute approximate surface area is 141 Å². The van der Waals surface area contributed by atoms with Gasteiger partial charge in [-0.15, -0.1) is 11.8 Å². The van der Waals surface area contributed by atoms with Gasteiger partial charge in [-0.1, -0.05) is 0 Å². The van der Waals surface area contributed by atoms with Crippen molar-refractivity contribution < 1.29 is 41.0 Å². The van der Waals surface area contributed by atoms with Crippen LogP contribution in [-0.2, 0) is 21.9 Å². The maximum atomic E-state index is 12.9. The number of aliphatic carboxylic acids is 1. The van der Waals surface area contributed by atoms with Gasteiger partial charge in [-0.2, -0.15) is 26.3 Å². The number of rotatable bonds is 4. The summed E-state index contributed by atoms with van der Waals surface area (Å²) < 4.78 is 77.2. The summed E-state index contributed by atoms with van der Waals surface area (Å²) in [4.78, 5) is 23.5. The van der Waals surface area contributed by atoms with Crippen LogP contribution in [0.15, 0.2) is 18.2 Å². The molecule has 1 fully saturated rings. The molecule has 25 heavy (non-hydrogen) atoms. The zero-order valence-corrected chi connectivity index (χ0v) is 13.1. The van der Waals surface area contributed by atoms with Gasteiger partial charge >= 0.3 is 18.3 Å². The van der Waals surface area contributed by atoms with Gasteiger partial charge in [-0.25, -0.2) is 0 Å². The molecule has 0 radical (unpaired) electrons. The Morgan fingerprint density at radius 2 is 1.64 bits per heavy atom. The zero-order valence-electron chi connectivity index (χ0n) is 12.3. The van der Waals surface area contributed by atoms with E-state index < -0.39 is 46.3 Å². The average molecular weight is 387 g/mol. The van der Waals surface area contributed by atoms with Crippen LogP contribution in [0, 0.1) is 0 Å². The molecule has 1 atom stereocenters. The van der Waals surface area contributed by atoms with E-state index in [0.29, 0.717) is 12.1 Å². The fourth-order valence-corrected chi connectivity index (χ4v) is 3.22. The molecule has 4 nitrogen and oxygen atoms in total. The Kier molecular flexibility index (Phi) is 5.26. The molecule has 0 spiro atoms. The molecule has 1 amide bonds. The summed E-state index contributed by atoms with van der Waals surface area (Å²) in [5, 5.41) is 7.78.